The van der Waals surface area contributed by atoms with Crippen molar-refractivity contribution in [2.45, 2.75) is 32.6 Å². The highest BCUT2D eigenvalue weighted by Crippen LogP contribution is 2.30. The van der Waals surface area contributed by atoms with E-state index in [4.69, 9.17) is 0 Å². The minimum atomic E-state index is 0.171. The molecule has 0 spiro atoms. The van der Waals surface area contributed by atoms with E-state index < -0.39 is 0 Å². The van der Waals surface area contributed by atoms with E-state index in [1.54, 1.807) is 0 Å². The van der Waals surface area contributed by atoms with Crippen LogP contribution in [0, 0.1) is 15.4 Å². The molecule has 1 aromatic carbocycles. The predicted octanol–water partition coefficient (Wildman–Crippen LogP) is 4.82. The summed E-state index contributed by atoms with van der Waals surface area (Å²) in [6.07, 6.45) is 4.39. The number of nitrogens with one attached hydrogen (secondary N) is 1. The Morgan fingerprint density at radius 2 is 2.00 bits per heavy atom. The normalized spacial score (nSPS) is 23.7. The molecule has 1 aliphatic rings. The lowest BCUT2D eigenvalue weighted by Crippen LogP contribution is -2.26. The fourth-order valence-corrected chi connectivity index (χ4v) is 3.19. The zero-order valence-electron chi connectivity index (χ0n) is 10.4. The number of amides is 1. The van der Waals surface area contributed by atoms with E-state index in [-0.39, 0.29) is 11.8 Å². The summed E-state index contributed by atoms with van der Waals surface area (Å²) in [6.45, 7) is 2.27. The summed E-state index contributed by atoms with van der Waals surface area (Å²) in [4.78, 5) is 12.2. The predicted molar refractivity (Wildman–Crippen MR) is 86.6 cm³/mol. The maximum atomic E-state index is 12.2. The van der Waals surface area contributed by atoms with Crippen molar-refractivity contribution in [3.05, 3.63) is 26.2 Å². The van der Waals surface area contributed by atoms with Crippen molar-refractivity contribution in [1.82, 2.24) is 0 Å². The summed E-state index contributed by atoms with van der Waals surface area (Å²) >= 11 is 5.73. The molecule has 1 saturated carbocycles. The fraction of sp³-hybridized carbons (Fsp3) is 0.500. The van der Waals surface area contributed by atoms with E-state index in [0.717, 1.165) is 32.5 Å². The summed E-state index contributed by atoms with van der Waals surface area (Å²) < 4.78 is 2.07. The molecule has 1 amide bonds. The Bertz CT molecular complexity index is 441. The zero-order chi connectivity index (χ0) is 13.1. The van der Waals surface area contributed by atoms with Crippen LogP contribution >= 0.6 is 38.5 Å². The SMILES string of the molecule is CC1CCC(C(=O)Nc2cc(I)ccc2Br)CC1. The van der Waals surface area contributed by atoms with Gasteiger partial charge in [-0.2, -0.15) is 0 Å². The van der Waals surface area contributed by atoms with Crippen LogP contribution in [-0.4, -0.2) is 5.91 Å². The van der Waals surface area contributed by atoms with Gasteiger partial charge in [-0.1, -0.05) is 6.92 Å². The lowest BCUT2D eigenvalue weighted by molar-refractivity contribution is -0.121. The van der Waals surface area contributed by atoms with E-state index in [0.29, 0.717) is 0 Å². The highest BCUT2D eigenvalue weighted by Gasteiger charge is 2.24. The van der Waals surface area contributed by atoms with Gasteiger partial charge in [0.25, 0.3) is 0 Å². The number of carbonyl (C=O) groups is 1. The first-order chi connectivity index (χ1) is 8.56. The van der Waals surface area contributed by atoms with Crippen LogP contribution < -0.4 is 5.32 Å². The lowest BCUT2D eigenvalue weighted by Gasteiger charge is -2.25. The van der Waals surface area contributed by atoms with E-state index in [2.05, 4.69) is 50.8 Å². The van der Waals surface area contributed by atoms with Gasteiger partial charge in [0.1, 0.15) is 0 Å². The summed E-state index contributed by atoms with van der Waals surface area (Å²) in [5.41, 5.74) is 0.880. The smallest absolute Gasteiger partial charge is 0.227 e. The lowest BCUT2D eigenvalue weighted by atomic mass is 9.82. The van der Waals surface area contributed by atoms with E-state index in [9.17, 15) is 4.79 Å². The van der Waals surface area contributed by atoms with Crippen LogP contribution in [-0.2, 0) is 4.79 Å². The molecule has 0 unspecified atom stereocenters. The highest BCUT2D eigenvalue weighted by atomic mass is 127. The number of halogens is 2. The third-order valence-electron chi connectivity index (χ3n) is 3.57. The Hall–Kier alpha value is -0.100. The molecular weight excluding hydrogens is 405 g/mol. The Kier molecular flexibility index (Phi) is 5.06. The quantitative estimate of drug-likeness (QED) is 0.681. The summed E-state index contributed by atoms with van der Waals surface area (Å²) in [7, 11) is 0. The third-order valence-corrected chi connectivity index (χ3v) is 4.94. The van der Waals surface area contributed by atoms with Crippen LogP contribution in [0.5, 0.6) is 0 Å². The van der Waals surface area contributed by atoms with Gasteiger partial charge >= 0.3 is 0 Å². The van der Waals surface area contributed by atoms with Crippen LogP contribution in [0.15, 0.2) is 22.7 Å². The first-order valence-electron chi connectivity index (χ1n) is 6.32. The van der Waals surface area contributed by atoms with Crippen molar-refractivity contribution in [2.24, 2.45) is 11.8 Å². The van der Waals surface area contributed by atoms with Gasteiger partial charge in [-0.3, -0.25) is 4.79 Å². The molecule has 2 nitrogen and oxygen atoms in total. The maximum absolute atomic E-state index is 12.2. The molecule has 18 heavy (non-hydrogen) atoms. The fourth-order valence-electron chi connectivity index (χ4n) is 2.35. The molecule has 0 heterocycles. The van der Waals surface area contributed by atoms with Gasteiger partial charge in [-0.25, -0.2) is 0 Å². The van der Waals surface area contributed by atoms with Crippen LogP contribution in [0.2, 0.25) is 0 Å². The minimum Gasteiger partial charge on any atom is -0.325 e. The van der Waals surface area contributed by atoms with Crippen molar-refractivity contribution in [1.29, 1.82) is 0 Å². The minimum absolute atomic E-state index is 0.171. The molecule has 4 heteroatoms. The van der Waals surface area contributed by atoms with Crippen molar-refractivity contribution >= 4 is 50.1 Å². The third kappa shape index (κ3) is 3.70. The number of rotatable bonds is 2. The molecule has 1 N–H and O–H groups in total. The van der Waals surface area contributed by atoms with Crippen molar-refractivity contribution in [3.8, 4) is 0 Å². The number of carbonyl (C=O) groups excluding carboxylic acids is 1. The molecule has 1 fully saturated rings. The highest BCUT2D eigenvalue weighted by molar-refractivity contribution is 14.1. The van der Waals surface area contributed by atoms with Gasteiger partial charge in [-0.15, -0.1) is 0 Å². The van der Waals surface area contributed by atoms with Crippen LogP contribution in [0.3, 0.4) is 0 Å². The van der Waals surface area contributed by atoms with Crippen LogP contribution in [0.1, 0.15) is 32.6 Å². The van der Waals surface area contributed by atoms with Gasteiger partial charge in [0, 0.05) is 14.0 Å². The molecule has 0 saturated heterocycles. The molecule has 0 aliphatic heterocycles. The Labute approximate surface area is 130 Å². The van der Waals surface area contributed by atoms with Crippen molar-refractivity contribution in [2.75, 3.05) is 5.32 Å². The van der Waals surface area contributed by atoms with Crippen molar-refractivity contribution < 1.29 is 4.79 Å². The molecule has 0 atom stereocenters. The Morgan fingerprint density at radius 3 is 2.67 bits per heavy atom. The molecule has 0 aromatic heterocycles. The van der Waals surface area contributed by atoms with E-state index in [1.807, 2.05) is 18.2 Å². The molecule has 0 bridgehead atoms. The van der Waals surface area contributed by atoms with E-state index in [1.165, 1.54) is 12.8 Å². The topological polar surface area (TPSA) is 29.1 Å². The first kappa shape index (κ1) is 14.3. The van der Waals surface area contributed by atoms with Gasteiger partial charge in [-0.05, 0) is 88.3 Å². The largest absolute Gasteiger partial charge is 0.325 e. The number of benzene rings is 1. The van der Waals surface area contributed by atoms with Crippen LogP contribution in [0.25, 0.3) is 0 Å². The number of hydrogen-bond donors (Lipinski definition) is 1. The number of hydrogen-bond acceptors (Lipinski definition) is 1. The van der Waals surface area contributed by atoms with E-state index >= 15 is 0 Å². The summed E-state index contributed by atoms with van der Waals surface area (Å²) in [5.74, 6) is 1.13. The summed E-state index contributed by atoms with van der Waals surface area (Å²) in [6, 6.07) is 5.98. The van der Waals surface area contributed by atoms with Gasteiger partial charge in [0.05, 0.1) is 5.69 Å². The zero-order valence-corrected chi connectivity index (χ0v) is 14.1. The Morgan fingerprint density at radius 1 is 1.33 bits per heavy atom. The second-order valence-electron chi connectivity index (χ2n) is 5.07. The van der Waals surface area contributed by atoms with Gasteiger partial charge in [0.15, 0.2) is 0 Å². The molecule has 0 radical (unpaired) electrons. The van der Waals surface area contributed by atoms with Crippen molar-refractivity contribution in [3.63, 3.8) is 0 Å². The second kappa shape index (κ2) is 6.37. The molecule has 98 valence electrons. The van der Waals surface area contributed by atoms with Gasteiger partial charge in [0.2, 0.25) is 5.91 Å². The first-order valence-corrected chi connectivity index (χ1v) is 8.19. The van der Waals surface area contributed by atoms with Crippen LogP contribution in [0.4, 0.5) is 5.69 Å². The maximum Gasteiger partial charge on any atom is 0.227 e. The standard InChI is InChI=1S/C14H17BrINO/c1-9-2-4-10(5-3-9)14(18)17-13-8-11(16)6-7-12(13)15/h6-10H,2-5H2,1H3,(H,17,18). The molecular formula is C14H17BrINO. The molecule has 1 aromatic rings. The monoisotopic (exact) mass is 421 g/mol. The molecule has 1 aliphatic carbocycles. The second-order valence-corrected chi connectivity index (χ2v) is 7.17. The Balaban J connectivity index is 2.00. The van der Waals surface area contributed by atoms with Gasteiger partial charge < -0.3 is 5.32 Å². The number of anilines is 1. The summed E-state index contributed by atoms with van der Waals surface area (Å²) in [5, 5.41) is 3.04. The average Bonchev–Trinajstić information content (AvgIpc) is 2.34. The molecule has 2 rings (SSSR count). The average molecular weight is 422 g/mol.